The van der Waals surface area contributed by atoms with Gasteiger partial charge in [0.2, 0.25) is 6.79 Å². The summed E-state index contributed by atoms with van der Waals surface area (Å²) >= 11 is 3.40. The Kier molecular flexibility index (Phi) is 3.17. The van der Waals surface area contributed by atoms with Crippen LogP contribution in [0.1, 0.15) is 11.9 Å². The van der Waals surface area contributed by atoms with Gasteiger partial charge in [0.05, 0.1) is 0 Å². The lowest BCUT2D eigenvalue weighted by molar-refractivity contribution is -0.430. The minimum Gasteiger partial charge on any atom is -0.454 e. The van der Waals surface area contributed by atoms with Crippen LogP contribution in [0.3, 0.4) is 0 Å². The molecule has 0 unspecified atom stereocenters. The van der Waals surface area contributed by atoms with Gasteiger partial charge in [-0.25, -0.2) is 9.78 Å². The van der Waals surface area contributed by atoms with Crippen LogP contribution in [-0.2, 0) is 19.6 Å². The zero-order chi connectivity index (χ0) is 11.7. The Morgan fingerprint density at radius 2 is 1.65 bits per heavy atom. The second-order valence-corrected chi connectivity index (χ2v) is 4.25. The van der Waals surface area contributed by atoms with E-state index in [1.165, 1.54) is 0 Å². The molecule has 0 aliphatic carbocycles. The molecule has 0 spiro atoms. The number of ether oxygens (including phenoxy) is 2. The van der Waals surface area contributed by atoms with Gasteiger partial charge in [0.15, 0.2) is 11.5 Å². The highest BCUT2D eigenvalue weighted by atomic mass is 79.9. The first-order chi connectivity index (χ1) is 8.34. The molecule has 6 nitrogen and oxygen atoms in total. The van der Waals surface area contributed by atoms with Crippen molar-refractivity contribution in [1.82, 2.24) is 0 Å². The molecule has 0 aromatic heterocycles. The molecule has 1 fully saturated rings. The molecule has 0 saturated carbocycles. The van der Waals surface area contributed by atoms with Gasteiger partial charge in [0.25, 0.3) is 6.29 Å². The molecule has 92 valence electrons. The molecule has 0 atom stereocenters. The summed E-state index contributed by atoms with van der Waals surface area (Å²) < 4.78 is 11.3. The maximum absolute atomic E-state index is 5.28. The second-order valence-electron chi connectivity index (χ2n) is 3.40. The van der Waals surface area contributed by atoms with Crippen molar-refractivity contribution in [2.75, 3.05) is 20.0 Å². The molecule has 0 N–H and O–H groups in total. The zero-order valence-corrected chi connectivity index (χ0v) is 10.3. The maximum Gasteiger partial charge on any atom is 0.250 e. The van der Waals surface area contributed by atoms with Crippen LogP contribution >= 0.6 is 15.9 Å². The molecule has 1 aromatic rings. The van der Waals surface area contributed by atoms with Crippen LogP contribution in [0.5, 0.6) is 11.5 Å². The van der Waals surface area contributed by atoms with E-state index in [0.29, 0.717) is 30.3 Å². The van der Waals surface area contributed by atoms with Gasteiger partial charge in [-0.1, -0.05) is 15.9 Å². The second kappa shape index (κ2) is 4.79. The van der Waals surface area contributed by atoms with Gasteiger partial charge in [-0.05, 0) is 12.1 Å². The van der Waals surface area contributed by atoms with Crippen molar-refractivity contribution in [2.24, 2.45) is 0 Å². The number of benzene rings is 1. The SMILES string of the molecule is Brc1cc2c(cc1C1OOCCOO1)OCO2. The predicted octanol–water partition coefficient (Wildman–Crippen LogP) is 2.09. The monoisotopic (exact) mass is 304 g/mol. The van der Waals surface area contributed by atoms with Crippen LogP contribution in [0.4, 0.5) is 0 Å². The highest BCUT2D eigenvalue weighted by molar-refractivity contribution is 9.10. The summed E-state index contributed by atoms with van der Waals surface area (Å²) in [5, 5.41) is 0. The molecule has 1 saturated heterocycles. The van der Waals surface area contributed by atoms with Gasteiger partial charge in [-0.3, -0.25) is 0 Å². The van der Waals surface area contributed by atoms with Gasteiger partial charge >= 0.3 is 0 Å². The maximum atomic E-state index is 5.28. The molecule has 0 radical (unpaired) electrons. The van der Waals surface area contributed by atoms with Crippen molar-refractivity contribution >= 4 is 15.9 Å². The Hall–Kier alpha value is -0.860. The average molecular weight is 305 g/mol. The Bertz CT molecular complexity index is 416. The standard InChI is InChI=1S/C10H9BrO6/c11-7-4-9-8(12-5-13-9)3-6(7)10-16-14-1-2-15-17-10/h3-4,10H,1-2,5H2. The van der Waals surface area contributed by atoms with E-state index in [-0.39, 0.29) is 6.79 Å². The highest BCUT2D eigenvalue weighted by Crippen LogP contribution is 2.40. The Morgan fingerprint density at radius 3 is 2.35 bits per heavy atom. The first-order valence-corrected chi connectivity index (χ1v) is 5.79. The first kappa shape index (κ1) is 11.2. The van der Waals surface area contributed by atoms with Gasteiger partial charge in [-0.2, -0.15) is 9.78 Å². The summed E-state index contributed by atoms with van der Waals surface area (Å²) in [6.45, 7) is 0.849. The average Bonchev–Trinajstić information content (AvgIpc) is 2.62. The van der Waals surface area contributed by atoms with E-state index < -0.39 is 6.29 Å². The number of rotatable bonds is 1. The molecule has 1 aromatic carbocycles. The Labute approximate surface area is 105 Å². The largest absolute Gasteiger partial charge is 0.454 e. The molecule has 7 heteroatoms. The fourth-order valence-electron chi connectivity index (χ4n) is 1.52. The van der Waals surface area contributed by atoms with Gasteiger partial charge in [0, 0.05) is 10.0 Å². The summed E-state index contributed by atoms with van der Waals surface area (Å²) in [6.07, 6.45) is -0.763. The molecular formula is C10H9BrO6. The van der Waals surface area contributed by atoms with Crippen molar-refractivity contribution in [2.45, 2.75) is 6.29 Å². The van der Waals surface area contributed by atoms with Crippen LogP contribution in [0.25, 0.3) is 0 Å². The van der Waals surface area contributed by atoms with Crippen molar-refractivity contribution < 1.29 is 29.0 Å². The number of hydrogen-bond donors (Lipinski definition) is 0. The first-order valence-electron chi connectivity index (χ1n) is 5.00. The molecule has 2 aliphatic heterocycles. The minimum atomic E-state index is -0.763. The van der Waals surface area contributed by atoms with Gasteiger partial charge < -0.3 is 9.47 Å². The Morgan fingerprint density at radius 1 is 1.00 bits per heavy atom. The van der Waals surface area contributed by atoms with Crippen molar-refractivity contribution in [3.8, 4) is 11.5 Å². The molecule has 0 amide bonds. The van der Waals surface area contributed by atoms with E-state index in [4.69, 9.17) is 29.0 Å². The normalized spacial score (nSPS) is 20.3. The van der Waals surface area contributed by atoms with Crippen molar-refractivity contribution in [3.05, 3.63) is 22.2 Å². The smallest absolute Gasteiger partial charge is 0.250 e. The lowest BCUT2D eigenvalue weighted by atomic mass is 10.2. The van der Waals surface area contributed by atoms with E-state index in [1.54, 1.807) is 12.1 Å². The van der Waals surface area contributed by atoms with Crippen LogP contribution in [-0.4, -0.2) is 20.0 Å². The fourth-order valence-corrected chi connectivity index (χ4v) is 2.03. The lowest BCUT2D eigenvalue weighted by Gasteiger charge is -2.14. The summed E-state index contributed by atoms with van der Waals surface area (Å²) in [5.74, 6) is 1.32. The third kappa shape index (κ3) is 2.24. The van der Waals surface area contributed by atoms with E-state index in [1.807, 2.05) is 0 Å². The van der Waals surface area contributed by atoms with Gasteiger partial charge in [0.1, 0.15) is 13.2 Å². The lowest BCUT2D eigenvalue weighted by Crippen LogP contribution is -2.06. The van der Waals surface area contributed by atoms with Crippen molar-refractivity contribution in [1.29, 1.82) is 0 Å². The quantitative estimate of drug-likeness (QED) is 0.741. The van der Waals surface area contributed by atoms with Crippen molar-refractivity contribution in [3.63, 3.8) is 0 Å². The van der Waals surface area contributed by atoms with Crippen LogP contribution in [0.15, 0.2) is 16.6 Å². The van der Waals surface area contributed by atoms with E-state index in [0.717, 1.165) is 4.47 Å². The molecule has 3 rings (SSSR count). The Balaban J connectivity index is 1.91. The fraction of sp³-hybridized carbons (Fsp3) is 0.400. The highest BCUT2D eigenvalue weighted by Gasteiger charge is 2.25. The number of fused-ring (bicyclic) bond motifs is 1. The third-order valence-electron chi connectivity index (χ3n) is 2.31. The summed E-state index contributed by atoms with van der Waals surface area (Å²) in [5.41, 5.74) is 0.705. The van der Waals surface area contributed by atoms with Gasteiger partial charge in [-0.15, -0.1) is 0 Å². The molecular weight excluding hydrogens is 296 g/mol. The molecule has 2 aliphatic rings. The molecule has 0 bridgehead atoms. The topological polar surface area (TPSA) is 55.4 Å². The van der Waals surface area contributed by atoms with E-state index >= 15 is 0 Å². The third-order valence-corrected chi connectivity index (χ3v) is 2.99. The molecule has 17 heavy (non-hydrogen) atoms. The van der Waals surface area contributed by atoms with E-state index in [9.17, 15) is 0 Å². The van der Waals surface area contributed by atoms with E-state index in [2.05, 4.69) is 15.9 Å². The number of hydrogen-bond acceptors (Lipinski definition) is 6. The van der Waals surface area contributed by atoms with Crippen LogP contribution < -0.4 is 9.47 Å². The van der Waals surface area contributed by atoms with Crippen LogP contribution in [0.2, 0.25) is 0 Å². The minimum absolute atomic E-state index is 0.213. The summed E-state index contributed by atoms with van der Waals surface area (Å²) in [4.78, 5) is 19.9. The summed E-state index contributed by atoms with van der Waals surface area (Å²) in [7, 11) is 0. The van der Waals surface area contributed by atoms with Crippen LogP contribution in [0, 0.1) is 0 Å². The molecule has 2 heterocycles. The zero-order valence-electron chi connectivity index (χ0n) is 8.68. The summed E-state index contributed by atoms with van der Waals surface area (Å²) in [6, 6.07) is 3.55. The number of halogens is 1. The predicted molar refractivity (Wildman–Crippen MR) is 57.1 cm³/mol.